The van der Waals surface area contributed by atoms with Gasteiger partial charge in [0.25, 0.3) is 0 Å². The van der Waals surface area contributed by atoms with Crippen LogP contribution < -0.4 is 5.32 Å². The van der Waals surface area contributed by atoms with Gasteiger partial charge in [-0.15, -0.1) is 0 Å². The minimum absolute atomic E-state index is 0.128. The van der Waals surface area contributed by atoms with E-state index in [4.69, 9.17) is 0 Å². The first-order valence-electron chi connectivity index (χ1n) is 6.04. The zero-order chi connectivity index (χ0) is 13.8. The van der Waals surface area contributed by atoms with E-state index in [1.54, 1.807) is 18.3 Å². The third-order valence-corrected chi connectivity index (χ3v) is 3.79. The van der Waals surface area contributed by atoms with E-state index in [1.165, 1.54) is 11.8 Å². The van der Waals surface area contributed by atoms with Crippen molar-refractivity contribution in [3.63, 3.8) is 0 Å². The van der Waals surface area contributed by atoms with Crippen LogP contribution in [0, 0.1) is 12.7 Å². The van der Waals surface area contributed by atoms with Crippen molar-refractivity contribution < 1.29 is 4.39 Å². The summed E-state index contributed by atoms with van der Waals surface area (Å²) >= 11 is 1.24. The molecule has 1 atom stereocenters. The van der Waals surface area contributed by atoms with Gasteiger partial charge in [-0.3, -0.25) is 0 Å². The van der Waals surface area contributed by atoms with Gasteiger partial charge in [-0.05, 0) is 56.4 Å². The van der Waals surface area contributed by atoms with Crippen molar-refractivity contribution in [1.29, 1.82) is 0 Å². The number of nitrogens with one attached hydrogen (secondary N) is 1. The summed E-state index contributed by atoms with van der Waals surface area (Å²) in [5.74, 6) is -0.241. The second kappa shape index (κ2) is 6.12. The average molecular weight is 277 g/mol. The Morgan fingerprint density at radius 2 is 2.11 bits per heavy atom. The van der Waals surface area contributed by atoms with Crippen LogP contribution in [0.4, 0.5) is 4.39 Å². The van der Waals surface area contributed by atoms with Gasteiger partial charge in [0.15, 0.2) is 5.16 Å². The van der Waals surface area contributed by atoms with E-state index in [0.717, 1.165) is 11.3 Å². The van der Waals surface area contributed by atoms with E-state index in [-0.39, 0.29) is 11.9 Å². The lowest BCUT2D eigenvalue weighted by atomic mass is 10.1. The molecule has 0 radical (unpaired) electrons. The van der Waals surface area contributed by atoms with Crippen LogP contribution in [0.2, 0.25) is 0 Å². The van der Waals surface area contributed by atoms with E-state index in [0.29, 0.717) is 10.1 Å². The SMILES string of the molecule is CNC(C)c1ccc(Sc2nccc(C)n2)c(F)c1. The molecule has 0 bridgehead atoms. The monoisotopic (exact) mass is 277 g/mol. The van der Waals surface area contributed by atoms with Crippen molar-refractivity contribution in [2.45, 2.75) is 29.9 Å². The Morgan fingerprint density at radius 1 is 1.32 bits per heavy atom. The van der Waals surface area contributed by atoms with Gasteiger partial charge in [0, 0.05) is 17.9 Å². The van der Waals surface area contributed by atoms with Crippen molar-refractivity contribution in [1.82, 2.24) is 15.3 Å². The van der Waals surface area contributed by atoms with Gasteiger partial charge in [0.1, 0.15) is 5.82 Å². The van der Waals surface area contributed by atoms with Crippen molar-refractivity contribution in [2.75, 3.05) is 7.05 Å². The fourth-order valence-corrected chi connectivity index (χ4v) is 2.40. The summed E-state index contributed by atoms with van der Waals surface area (Å²) in [5, 5.41) is 3.65. The number of halogens is 1. The number of nitrogens with zero attached hydrogens (tertiary/aromatic N) is 2. The smallest absolute Gasteiger partial charge is 0.192 e. The van der Waals surface area contributed by atoms with E-state index in [2.05, 4.69) is 15.3 Å². The van der Waals surface area contributed by atoms with Crippen LogP contribution in [0.25, 0.3) is 0 Å². The Balaban J connectivity index is 2.22. The third kappa shape index (κ3) is 3.52. The zero-order valence-corrected chi connectivity index (χ0v) is 12.0. The normalized spacial score (nSPS) is 12.4. The number of aryl methyl sites for hydroxylation is 1. The van der Waals surface area contributed by atoms with E-state index >= 15 is 0 Å². The van der Waals surface area contributed by atoms with Gasteiger partial charge in [0.05, 0.1) is 4.90 Å². The van der Waals surface area contributed by atoms with Gasteiger partial charge in [0.2, 0.25) is 0 Å². The fourth-order valence-electron chi connectivity index (χ4n) is 1.61. The maximum absolute atomic E-state index is 14.0. The Kier molecular flexibility index (Phi) is 4.50. The molecule has 2 rings (SSSR count). The number of aromatic nitrogens is 2. The zero-order valence-electron chi connectivity index (χ0n) is 11.1. The average Bonchev–Trinajstić information content (AvgIpc) is 2.40. The Morgan fingerprint density at radius 3 is 2.74 bits per heavy atom. The first-order chi connectivity index (χ1) is 9.10. The second-order valence-corrected chi connectivity index (χ2v) is 5.29. The van der Waals surface area contributed by atoms with Crippen molar-refractivity contribution >= 4 is 11.8 Å². The lowest BCUT2D eigenvalue weighted by Crippen LogP contribution is -2.12. The molecule has 0 amide bonds. The van der Waals surface area contributed by atoms with E-state index in [9.17, 15) is 4.39 Å². The summed E-state index contributed by atoms with van der Waals surface area (Å²) in [5.41, 5.74) is 1.80. The number of hydrogen-bond donors (Lipinski definition) is 1. The summed E-state index contributed by atoms with van der Waals surface area (Å²) in [6.07, 6.45) is 1.68. The molecule has 19 heavy (non-hydrogen) atoms. The molecule has 2 aromatic rings. The molecule has 0 saturated heterocycles. The summed E-state index contributed by atoms with van der Waals surface area (Å²) in [4.78, 5) is 8.92. The molecule has 0 saturated carbocycles. The largest absolute Gasteiger partial charge is 0.313 e. The molecule has 100 valence electrons. The molecule has 1 aromatic heterocycles. The third-order valence-electron chi connectivity index (χ3n) is 2.86. The molecule has 0 fully saturated rings. The Bertz CT molecular complexity index is 574. The molecule has 3 nitrogen and oxygen atoms in total. The highest BCUT2D eigenvalue weighted by Gasteiger charge is 2.10. The van der Waals surface area contributed by atoms with Gasteiger partial charge in [-0.2, -0.15) is 0 Å². The molecule has 1 N–H and O–H groups in total. The summed E-state index contributed by atoms with van der Waals surface area (Å²) < 4.78 is 14.0. The van der Waals surface area contributed by atoms with Crippen LogP contribution in [-0.4, -0.2) is 17.0 Å². The predicted molar refractivity (Wildman–Crippen MR) is 74.8 cm³/mol. The summed E-state index contributed by atoms with van der Waals surface area (Å²) in [6, 6.07) is 7.19. The number of rotatable bonds is 4. The van der Waals surface area contributed by atoms with Gasteiger partial charge >= 0.3 is 0 Å². The summed E-state index contributed by atoms with van der Waals surface area (Å²) in [6.45, 7) is 3.88. The number of benzene rings is 1. The highest BCUT2D eigenvalue weighted by molar-refractivity contribution is 7.99. The van der Waals surface area contributed by atoms with Crippen LogP contribution >= 0.6 is 11.8 Å². The molecule has 0 aliphatic carbocycles. The highest BCUT2D eigenvalue weighted by atomic mass is 32.2. The maximum atomic E-state index is 14.0. The Hall–Kier alpha value is -1.46. The van der Waals surface area contributed by atoms with Crippen molar-refractivity contribution in [3.05, 3.63) is 47.5 Å². The van der Waals surface area contributed by atoms with Crippen LogP contribution in [0.5, 0.6) is 0 Å². The lowest BCUT2D eigenvalue weighted by Gasteiger charge is -2.11. The van der Waals surface area contributed by atoms with Crippen molar-refractivity contribution in [2.24, 2.45) is 0 Å². The highest BCUT2D eigenvalue weighted by Crippen LogP contribution is 2.28. The van der Waals surface area contributed by atoms with Gasteiger partial charge < -0.3 is 5.32 Å². The molecular weight excluding hydrogens is 261 g/mol. The second-order valence-electron chi connectivity index (χ2n) is 4.28. The Labute approximate surface area is 116 Å². The molecule has 0 spiro atoms. The molecule has 5 heteroatoms. The number of hydrogen-bond acceptors (Lipinski definition) is 4. The lowest BCUT2D eigenvalue weighted by molar-refractivity contribution is 0.587. The van der Waals surface area contributed by atoms with Crippen LogP contribution in [0.1, 0.15) is 24.2 Å². The van der Waals surface area contributed by atoms with Crippen LogP contribution in [0.3, 0.4) is 0 Å². The molecule has 1 aromatic carbocycles. The van der Waals surface area contributed by atoms with Gasteiger partial charge in [-0.1, -0.05) is 6.07 Å². The van der Waals surface area contributed by atoms with Gasteiger partial charge in [-0.25, -0.2) is 14.4 Å². The molecule has 1 heterocycles. The van der Waals surface area contributed by atoms with E-state index in [1.807, 2.05) is 33.0 Å². The minimum atomic E-state index is -0.241. The van der Waals surface area contributed by atoms with Crippen LogP contribution in [-0.2, 0) is 0 Å². The standard InChI is InChI=1S/C14H16FN3S/c1-9-6-7-17-14(18-9)19-13-5-4-11(8-12(13)15)10(2)16-3/h4-8,10,16H,1-3H3. The van der Waals surface area contributed by atoms with Crippen LogP contribution in [0.15, 0.2) is 40.5 Å². The predicted octanol–water partition coefficient (Wildman–Crippen LogP) is 3.36. The molecule has 0 aliphatic rings. The minimum Gasteiger partial charge on any atom is -0.313 e. The quantitative estimate of drug-likeness (QED) is 0.870. The topological polar surface area (TPSA) is 37.8 Å². The molecule has 0 aliphatic heterocycles. The maximum Gasteiger partial charge on any atom is 0.192 e. The van der Waals surface area contributed by atoms with E-state index < -0.39 is 0 Å². The van der Waals surface area contributed by atoms with Crippen molar-refractivity contribution in [3.8, 4) is 0 Å². The fraction of sp³-hybridized carbons (Fsp3) is 0.286. The first kappa shape index (κ1) is 14.0. The summed E-state index contributed by atoms with van der Waals surface area (Å²) in [7, 11) is 1.85. The molecule has 1 unspecified atom stereocenters. The molecular formula is C14H16FN3S. The first-order valence-corrected chi connectivity index (χ1v) is 6.86.